The number of alkyl halides is 2. The first-order valence-corrected chi connectivity index (χ1v) is 30.4. The monoisotopic (exact) mass is 1040 g/mol. The van der Waals surface area contributed by atoms with E-state index < -0.39 is 51.4 Å². The third-order valence-corrected chi connectivity index (χ3v) is 22.3. The molecule has 10 aliphatic rings. The fourth-order valence-corrected chi connectivity index (χ4v) is 17.3. The van der Waals surface area contributed by atoms with E-state index in [9.17, 15) is 51.5 Å². The van der Waals surface area contributed by atoms with E-state index in [1.807, 2.05) is 6.07 Å². The van der Waals surface area contributed by atoms with E-state index in [0.29, 0.717) is 57.0 Å². The molecule has 2 heterocycles. The first-order valence-electron chi connectivity index (χ1n) is 25.5. The van der Waals surface area contributed by atoms with Gasteiger partial charge < -0.3 is 23.5 Å². The van der Waals surface area contributed by atoms with Crippen LogP contribution in [0.2, 0.25) is 0 Å². The topological polar surface area (TPSA) is 235 Å². The van der Waals surface area contributed by atoms with Crippen LogP contribution in [0.1, 0.15) is 150 Å². The zero-order valence-electron chi connectivity index (χ0n) is 41.8. The van der Waals surface area contributed by atoms with Gasteiger partial charge >= 0.3 is 29.1 Å². The highest BCUT2D eigenvalue weighted by Crippen LogP contribution is 2.60. The van der Waals surface area contributed by atoms with Crippen LogP contribution in [-0.2, 0) is 70.0 Å². The molecule has 0 aromatic rings. The molecule has 392 valence electrons. The van der Waals surface area contributed by atoms with Crippen LogP contribution in [-0.4, -0.2) is 112 Å². The van der Waals surface area contributed by atoms with E-state index in [0.717, 1.165) is 23.7 Å². The number of nitrogens with zero attached hydrogens (tertiary/aromatic N) is 4. The summed E-state index contributed by atoms with van der Waals surface area (Å²) in [5.74, 6) is 11.3. The summed E-state index contributed by atoms with van der Waals surface area (Å²) in [6.07, 6.45) is 17.6. The third-order valence-electron chi connectivity index (χ3n) is 16.7. The minimum Gasteiger partial charge on any atom is -0.743 e. The molecule has 2 saturated heterocycles. The lowest BCUT2D eigenvalue weighted by molar-refractivity contribution is -0.201. The molecule has 8 aliphatic carbocycles. The minimum absolute atomic E-state index is 0.0475. The quantitative estimate of drug-likeness (QED) is 0.0415. The lowest BCUT2D eigenvalue weighted by Gasteiger charge is -2.58. The predicted octanol–water partition coefficient (Wildman–Crippen LogP) is 8.12. The van der Waals surface area contributed by atoms with Crippen LogP contribution < -0.4 is 0 Å². The Kier molecular flexibility index (Phi) is 18.8. The number of hydrogen-bond donors (Lipinski definition) is 0. The molecule has 10 rings (SSSR count). The molecule has 2 aliphatic heterocycles. The lowest BCUT2D eigenvalue weighted by Crippen LogP contribution is -2.58. The standard InChI is InChI=1S/2C17H27O2S.C16H22F2N4O7S/c2*1-17(19-16(18)11-20-4-2-3-5-20)14-7-12-6-13(9-14)10-15(17)8-12;1-4-28-12(23)5-7-14(2,9-19)21-22-15(3,10-20)8-6-13(24)29-11-16(17,18)30(25,26)27/h2*12-15H,2-11H2,1H3;4-8,11H2,1-3H3,(H,25,26,27)/q2*+1;/p-1. The SMILES string of the molecule is CC1(OC(=O)C[S+]2CCCC2)C2CC3CC(C2)CC1C3.CC1(OC(=O)C[S+]2CCCC2)C2CC3CC(C2)CC1C3.CCOC(=O)CCC(C)(C#N)N=NC(C)(C#N)CCC(=O)OCC(F)(F)S(=O)(=O)[O-]. The van der Waals surface area contributed by atoms with Gasteiger partial charge in [0, 0.05) is 12.8 Å². The molecular weight excluding hydrogens is 967 g/mol. The van der Waals surface area contributed by atoms with E-state index >= 15 is 0 Å². The van der Waals surface area contributed by atoms with Gasteiger partial charge in [0.15, 0.2) is 27.8 Å². The van der Waals surface area contributed by atoms with Gasteiger partial charge in [0.05, 0.1) is 18.7 Å². The summed E-state index contributed by atoms with van der Waals surface area (Å²) in [6.45, 7) is 6.97. The van der Waals surface area contributed by atoms with E-state index in [-0.39, 0.29) is 49.0 Å². The molecule has 0 spiro atoms. The van der Waals surface area contributed by atoms with Crippen LogP contribution >= 0.6 is 0 Å². The summed E-state index contributed by atoms with van der Waals surface area (Å²) in [6, 6.07) is 3.60. The van der Waals surface area contributed by atoms with Gasteiger partial charge in [-0.15, -0.1) is 0 Å². The maximum Gasteiger partial charge on any atom is 0.367 e. The smallest absolute Gasteiger partial charge is 0.367 e. The average molecular weight is 1040 g/mol. The predicted molar refractivity (Wildman–Crippen MR) is 259 cm³/mol. The molecule has 0 N–H and O–H groups in total. The summed E-state index contributed by atoms with van der Waals surface area (Å²) < 4.78 is 78.1. The second-order valence-electron chi connectivity index (χ2n) is 22.2. The molecule has 8 saturated carbocycles. The fraction of sp³-hybridized carbons (Fsp3) is 0.880. The Balaban J connectivity index is 0.000000176. The number of halogens is 2. The van der Waals surface area contributed by atoms with Crippen molar-refractivity contribution in [1.29, 1.82) is 10.5 Å². The number of azo groups is 1. The zero-order valence-corrected chi connectivity index (χ0v) is 44.2. The number of carbonyl (C=O) groups is 4. The molecule has 0 aromatic carbocycles. The van der Waals surface area contributed by atoms with E-state index in [1.165, 1.54) is 127 Å². The molecule has 8 bridgehead atoms. The maximum absolute atomic E-state index is 13.0. The normalized spacial score (nSPS) is 33.6. The summed E-state index contributed by atoms with van der Waals surface area (Å²) in [7, 11) is -5.32. The molecule has 0 amide bonds. The van der Waals surface area contributed by atoms with Crippen molar-refractivity contribution in [2.24, 2.45) is 57.6 Å². The highest BCUT2D eigenvalue weighted by atomic mass is 32.2. The van der Waals surface area contributed by atoms with Gasteiger partial charge in [-0.05, 0) is 206 Å². The Bertz CT molecular complexity index is 1970. The van der Waals surface area contributed by atoms with Crippen molar-refractivity contribution in [1.82, 2.24) is 0 Å². The van der Waals surface area contributed by atoms with Crippen molar-refractivity contribution in [2.45, 2.75) is 178 Å². The van der Waals surface area contributed by atoms with Crippen molar-refractivity contribution in [3.63, 3.8) is 0 Å². The highest BCUT2D eigenvalue weighted by molar-refractivity contribution is 7.98. The molecule has 15 nitrogen and oxygen atoms in total. The minimum atomic E-state index is -6.00. The van der Waals surface area contributed by atoms with E-state index in [2.05, 4.69) is 28.8 Å². The number of ether oxygens (including phenoxy) is 4. The van der Waals surface area contributed by atoms with Gasteiger partial charge in [-0.3, -0.25) is 9.59 Å². The number of hydrogen-bond acceptors (Lipinski definition) is 15. The van der Waals surface area contributed by atoms with Crippen molar-refractivity contribution in [2.75, 3.05) is 47.7 Å². The Morgan fingerprint density at radius 3 is 1.26 bits per heavy atom. The van der Waals surface area contributed by atoms with Gasteiger partial charge in [0.1, 0.15) is 34.2 Å². The van der Waals surface area contributed by atoms with Gasteiger partial charge in [0.2, 0.25) is 11.5 Å². The molecule has 10 fully saturated rings. The number of esters is 4. The molecule has 0 radical (unpaired) electrons. The van der Waals surface area contributed by atoms with Gasteiger partial charge in [0.25, 0.3) is 0 Å². The van der Waals surface area contributed by atoms with Crippen molar-refractivity contribution < 1.29 is 59.9 Å². The fourth-order valence-electron chi connectivity index (χ4n) is 12.9. The molecule has 2 atom stereocenters. The van der Waals surface area contributed by atoms with Crippen molar-refractivity contribution in [3.8, 4) is 12.1 Å². The molecule has 20 heteroatoms. The van der Waals surface area contributed by atoms with Gasteiger partial charge in [-0.1, -0.05) is 0 Å². The second-order valence-corrected chi connectivity index (χ2v) is 28.4. The van der Waals surface area contributed by atoms with Crippen LogP contribution in [0, 0.1) is 70.0 Å². The van der Waals surface area contributed by atoms with Crippen molar-refractivity contribution in [3.05, 3.63) is 0 Å². The average Bonchev–Trinajstić information content (AvgIpc) is 4.02. The Labute approximate surface area is 419 Å². The largest absolute Gasteiger partial charge is 0.743 e. The van der Waals surface area contributed by atoms with Crippen LogP contribution in [0.3, 0.4) is 0 Å². The van der Waals surface area contributed by atoms with Gasteiger partial charge in [-0.25, -0.2) is 18.0 Å². The summed E-state index contributed by atoms with van der Waals surface area (Å²) in [4.78, 5) is 47.7. The Morgan fingerprint density at radius 1 is 0.629 bits per heavy atom. The van der Waals surface area contributed by atoms with Crippen LogP contribution in [0.4, 0.5) is 8.78 Å². The second kappa shape index (κ2) is 23.4. The first kappa shape index (κ1) is 56.2. The molecule has 0 aromatic heterocycles. The maximum atomic E-state index is 13.0. The van der Waals surface area contributed by atoms with Crippen molar-refractivity contribution >= 4 is 55.8 Å². The van der Waals surface area contributed by atoms with Crippen LogP contribution in [0.5, 0.6) is 0 Å². The van der Waals surface area contributed by atoms with E-state index in [1.54, 1.807) is 13.0 Å². The van der Waals surface area contributed by atoms with E-state index in [4.69, 9.17) is 14.2 Å². The van der Waals surface area contributed by atoms with Crippen LogP contribution in [0.25, 0.3) is 0 Å². The molecular formula is C50H75F2N4O11S3+. The summed E-state index contributed by atoms with van der Waals surface area (Å²) >= 11 is 0. The summed E-state index contributed by atoms with van der Waals surface area (Å²) in [5.41, 5.74) is -3.34. The summed E-state index contributed by atoms with van der Waals surface area (Å²) in [5, 5.41) is 21.3. The lowest BCUT2D eigenvalue weighted by atomic mass is 9.50. The number of nitriles is 2. The zero-order chi connectivity index (χ0) is 51.1. The third kappa shape index (κ3) is 14.4. The molecule has 2 unspecified atom stereocenters. The van der Waals surface area contributed by atoms with Crippen LogP contribution in [0.15, 0.2) is 10.2 Å². The highest BCUT2D eigenvalue weighted by Gasteiger charge is 2.59. The number of carbonyl (C=O) groups excluding carboxylic acids is 4. The number of rotatable bonds is 18. The Morgan fingerprint density at radius 2 is 0.957 bits per heavy atom. The Hall–Kier alpha value is -3.07. The van der Waals surface area contributed by atoms with Gasteiger partial charge in [-0.2, -0.15) is 29.5 Å². The molecule has 70 heavy (non-hydrogen) atoms. The first-order chi connectivity index (χ1) is 32.9.